The predicted molar refractivity (Wildman–Crippen MR) is 108 cm³/mol. The Bertz CT molecular complexity index is 1150. The average Bonchev–Trinajstić information content (AvgIpc) is 3.18. The minimum absolute atomic E-state index is 0.0490. The molecule has 7 heteroatoms. The maximum Gasteiger partial charge on any atom is 0.266 e. The molecule has 0 atom stereocenters. The van der Waals surface area contributed by atoms with Crippen LogP contribution in [0.1, 0.15) is 11.1 Å². The highest BCUT2D eigenvalue weighted by Gasteiger charge is 2.13. The summed E-state index contributed by atoms with van der Waals surface area (Å²) in [6, 6.07) is 13.5. The Morgan fingerprint density at radius 2 is 1.93 bits per heavy atom. The number of aryl methyl sites for hydroxylation is 3. The van der Waals surface area contributed by atoms with Crippen molar-refractivity contribution in [3.05, 3.63) is 76.6 Å². The lowest BCUT2D eigenvalue weighted by molar-refractivity contribution is 0.663. The molecule has 4 rings (SSSR count). The van der Waals surface area contributed by atoms with E-state index in [1.165, 1.54) is 11.9 Å². The van der Waals surface area contributed by atoms with Crippen LogP contribution >= 0.6 is 11.8 Å². The molecular formula is C20H19N5OS. The third-order valence-electron chi connectivity index (χ3n) is 4.51. The predicted octanol–water partition coefficient (Wildman–Crippen LogP) is 3.39. The summed E-state index contributed by atoms with van der Waals surface area (Å²) in [7, 11) is 0. The van der Waals surface area contributed by atoms with Gasteiger partial charge in [0, 0.05) is 5.75 Å². The third-order valence-corrected chi connectivity index (χ3v) is 5.43. The van der Waals surface area contributed by atoms with Crippen molar-refractivity contribution in [3.63, 3.8) is 0 Å². The maximum absolute atomic E-state index is 13.2. The molecule has 0 saturated carbocycles. The molecule has 0 bridgehead atoms. The van der Waals surface area contributed by atoms with Gasteiger partial charge in [-0.05, 0) is 49.2 Å². The van der Waals surface area contributed by atoms with Gasteiger partial charge >= 0.3 is 0 Å². The molecule has 0 radical (unpaired) electrons. The van der Waals surface area contributed by atoms with Crippen LogP contribution in [0.25, 0.3) is 16.6 Å². The number of nitrogens with zero attached hydrogens (tertiary/aromatic N) is 5. The molecule has 136 valence electrons. The fourth-order valence-electron chi connectivity index (χ4n) is 2.88. The zero-order chi connectivity index (χ0) is 18.8. The van der Waals surface area contributed by atoms with Crippen molar-refractivity contribution in [1.29, 1.82) is 0 Å². The molecule has 0 amide bonds. The van der Waals surface area contributed by atoms with Crippen LogP contribution in [0, 0.1) is 13.8 Å². The van der Waals surface area contributed by atoms with Gasteiger partial charge in [0.2, 0.25) is 0 Å². The standard InChI is InChI=1S/C20H19N5OS/c1-14-7-8-16(11-15(14)2)25-19(26)17-5-3-4-6-18(17)23-20(25)27-10-9-24-13-21-12-22-24/h3-8,11-13H,9-10H2,1-2H3. The van der Waals surface area contributed by atoms with E-state index in [9.17, 15) is 4.79 Å². The van der Waals surface area contributed by atoms with Gasteiger partial charge in [0.25, 0.3) is 5.56 Å². The molecule has 2 heterocycles. The summed E-state index contributed by atoms with van der Waals surface area (Å²) < 4.78 is 3.48. The number of hydrogen-bond acceptors (Lipinski definition) is 5. The van der Waals surface area contributed by atoms with Gasteiger partial charge in [-0.3, -0.25) is 14.0 Å². The summed E-state index contributed by atoms with van der Waals surface area (Å²) in [5, 5.41) is 5.42. The van der Waals surface area contributed by atoms with Gasteiger partial charge in [0.1, 0.15) is 12.7 Å². The molecule has 4 aromatic rings. The Morgan fingerprint density at radius 3 is 2.70 bits per heavy atom. The quantitative estimate of drug-likeness (QED) is 0.394. The van der Waals surface area contributed by atoms with Crippen molar-refractivity contribution < 1.29 is 0 Å². The van der Waals surface area contributed by atoms with E-state index in [1.807, 2.05) is 42.5 Å². The highest BCUT2D eigenvalue weighted by atomic mass is 32.2. The smallest absolute Gasteiger partial charge is 0.266 e. The van der Waals surface area contributed by atoms with Gasteiger partial charge in [0.05, 0.1) is 23.1 Å². The minimum atomic E-state index is -0.0490. The molecule has 0 aliphatic rings. The Morgan fingerprint density at radius 1 is 1.07 bits per heavy atom. The molecule has 6 nitrogen and oxygen atoms in total. The Balaban J connectivity index is 1.79. The molecule has 2 aromatic heterocycles. The van der Waals surface area contributed by atoms with Crippen LogP contribution in [0.5, 0.6) is 0 Å². The summed E-state index contributed by atoms with van der Waals surface area (Å²) in [5.41, 5.74) is 3.84. The molecule has 0 aliphatic carbocycles. The lowest BCUT2D eigenvalue weighted by Gasteiger charge is -2.14. The minimum Gasteiger partial charge on any atom is -0.268 e. The van der Waals surface area contributed by atoms with E-state index in [1.54, 1.807) is 27.3 Å². The molecule has 0 saturated heterocycles. The highest BCUT2D eigenvalue weighted by Crippen LogP contribution is 2.22. The molecule has 27 heavy (non-hydrogen) atoms. The lowest BCUT2D eigenvalue weighted by Crippen LogP contribution is -2.22. The van der Waals surface area contributed by atoms with Gasteiger partial charge in [0.15, 0.2) is 5.16 Å². The van der Waals surface area contributed by atoms with E-state index < -0.39 is 0 Å². The van der Waals surface area contributed by atoms with Crippen LogP contribution in [0.15, 0.2) is 65.1 Å². The normalized spacial score (nSPS) is 11.2. The molecule has 2 aromatic carbocycles. The van der Waals surface area contributed by atoms with E-state index in [-0.39, 0.29) is 5.56 Å². The van der Waals surface area contributed by atoms with Crippen LogP contribution < -0.4 is 5.56 Å². The van der Waals surface area contributed by atoms with Crippen molar-refractivity contribution in [2.24, 2.45) is 0 Å². The lowest BCUT2D eigenvalue weighted by atomic mass is 10.1. The van der Waals surface area contributed by atoms with Crippen molar-refractivity contribution in [3.8, 4) is 5.69 Å². The first-order chi connectivity index (χ1) is 13.1. The number of hydrogen-bond donors (Lipinski definition) is 0. The largest absolute Gasteiger partial charge is 0.268 e. The van der Waals surface area contributed by atoms with Gasteiger partial charge in [-0.1, -0.05) is 30.0 Å². The number of thioether (sulfide) groups is 1. The second-order valence-corrected chi connectivity index (χ2v) is 7.39. The zero-order valence-electron chi connectivity index (χ0n) is 15.2. The van der Waals surface area contributed by atoms with E-state index in [0.29, 0.717) is 22.6 Å². The number of fused-ring (bicyclic) bond motifs is 1. The summed E-state index contributed by atoms with van der Waals surface area (Å²) >= 11 is 1.54. The van der Waals surface area contributed by atoms with Gasteiger partial charge in [-0.2, -0.15) is 5.10 Å². The Labute approximate surface area is 160 Å². The number of para-hydroxylation sites is 1. The topological polar surface area (TPSA) is 65.6 Å². The van der Waals surface area contributed by atoms with Crippen molar-refractivity contribution in [2.75, 3.05) is 5.75 Å². The Kier molecular flexibility index (Phi) is 4.77. The van der Waals surface area contributed by atoms with Crippen molar-refractivity contribution >= 4 is 22.7 Å². The summed E-state index contributed by atoms with van der Waals surface area (Å²) in [6.45, 7) is 4.81. The van der Waals surface area contributed by atoms with E-state index in [0.717, 1.165) is 17.0 Å². The summed E-state index contributed by atoms with van der Waals surface area (Å²) in [5.74, 6) is 0.735. The maximum atomic E-state index is 13.2. The first-order valence-corrected chi connectivity index (χ1v) is 9.66. The average molecular weight is 377 g/mol. The number of rotatable bonds is 5. The fraction of sp³-hybridized carbons (Fsp3) is 0.200. The summed E-state index contributed by atoms with van der Waals surface area (Å²) in [4.78, 5) is 21.9. The molecule has 0 unspecified atom stereocenters. The van der Waals surface area contributed by atoms with Crippen LogP contribution in [0.3, 0.4) is 0 Å². The van der Waals surface area contributed by atoms with E-state index in [2.05, 4.69) is 23.9 Å². The van der Waals surface area contributed by atoms with Crippen LogP contribution in [0.2, 0.25) is 0 Å². The highest BCUT2D eigenvalue weighted by molar-refractivity contribution is 7.99. The molecule has 0 aliphatic heterocycles. The number of aromatic nitrogens is 5. The fourth-order valence-corrected chi connectivity index (χ4v) is 3.82. The van der Waals surface area contributed by atoms with E-state index in [4.69, 9.17) is 4.98 Å². The van der Waals surface area contributed by atoms with Gasteiger partial charge < -0.3 is 0 Å². The molecule has 0 N–H and O–H groups in total. The van der Waals surface area contributed by atoms with Crippen LogP contribution in [-0.2, 0) is 6.54 Å². The monoisotopic (exact) mass is 377 g/mol. The SMILES string of the molecule is Cc1ccc(-n2c(SCCn3cncn3)nc3ccccc3c2=O)cc1C. The second-order valence-electron chi connectivity index (χ2n) is 6.33. The van der Waals surface area contributed by atoms with Gasteiger partial charge in [-0.25, -0.2) is 9.97 Å². The third kappa shape index (κ3) is 3.50. The first kappa shape index (κ1) is 17.5. The Hall–Kier alpha value is -2.93. The number of benzene rings is 2. The molecule has 0 spiro atoms. The summed E-state index contributed by atoms with van der Waals surface area (Å²) in [6.07, 6.45) is 3.20. The second kappa shape index (κ2) is 7.36. The van der Waals surface area contributed by atoms with Crippen molar-refractivity contribution in [2.45, 2.75) is 25.5 Å². The zero-order valence-corrected chi connectivity index (χ0v) is 16.0. The molecular weight excluding hydrogens is 358 g/mol. The van der Waals surface area contributed by atoms with Crippen LogP contribution in [-0.4, -0.2) is 30.1 Å². The first-order valence-electron chi connectivity index (χ1n) is 8.68. The van der Waals surface area contributed by atoms with E-state index >= 15 is 0 Å². The van der Waals surface area contributed by atoms with Crippen molar-refractivity contribution in [1.82, 2.24) is 24.3 Å². The van der Waals surface area contributed by atoms with Gasteiger partial charge in [-0.15, -0.1) is 0 Å². The van der Waals surface area contributed by atoms with Crippen LogP contribution in [0.4, 0.5) is 0 Å². The molecule has 0 fully saturated rings.